The number of amides is 1. The van der Waals surface area contributed by atoms with Crippen LogP contribution in [0.4, 0.5) is 4.79 Å². The average molecular weight is 205 g/mol. The number of nitrogens with one attached hydrogen (secondary N) is 1. The average Bonchev–Trinajstić information content (AvgIpc) is 2.05. The Morgan fingerprint density at radius 2 is 2.00 bits per heavy atom. The SMILES string of the molecule is C=C(C)C(=O)O.CCOC(=O)N[SiH3]. The number of carboxylic acid groups (broad SMARTS) is 1. The molecule has 13 heavy (non-hydrogen) atoms. The number of carboxylic acids is 1. The molecule has 0 fully saturated rings. The first-order chi connectivity index (χ1) is 5.95. The predicted octanol–water partition coefficient (Wildman–Crippen LogP) is -0.340. The lowest BCUT2D eigenvalue weighted by atomic mass is 10.4. The Morgan fingerprint density at radius 1 is 1.62 bits per heavy atom. The maximum atomic E-state index is 10.1. The van der Waals surface area contributed by atoms with Crippen molar-refractivity contribution in [1.82, 2.24) is 4.98 Å². The molecule has 0 aliphatic heterocycles. The van der Waals surface area contributed by atoms with E-state index in [1.54, 1.807) is 6.92 Å². The second kappa shape index (κ2) is 8.79. The van der Waals surface area contributed by atoms with Gasteiger partial charge in [-0.2, -0.15) is 0 Å². The van der Waals surface area contributed by atoms with Crippen molar-refractivity contribution in [1.29, 1.82) is 0 Å². The molecule has 0 bridgehead atoms. The standard InChI is InChI=1S/C4H6O2.C3H9NO2Si/c1-3(2)4(5)6;1-2-6-3(5)4-7/h1H2,2H3,(H,5,6);2H2,1,7H3,(H,4,5). The summed E-state index contributed by atoms with van der Waals surface area (Å²) < 4.78 is 4.48. The Hall–Kier alpha value is -1.30. The second-order valence-corrected chi connectivity index (χ2v) is 2.56. The molecule has 1 amide bonds. The Labute approximate surface area is 80.3 Å². The monoisotopic (exact) mass is 205 g/mol. The highest BCUT2D eigenvalue weighted by Gasteiger charge is 1.90. The zero-order chi connectivity index (χ0) is 10.9. The molecule has 6 heteroatoms. The molecular weight excluding hydrogens is 190 g/mol. The fraction of sp³-hybridized carbons (Fsp3) is 0.429. The highest BCUT2D eigenvalue weighted by molar-refractivity contribution is 6.12. The van der Waals surface area contributed by atoms with Crippen LogP contribution in [0, 0.1) is 0 Å². The summed E-state index contributed by atoms with van der Waals surface area (Å²) in [7, 11) is 0.663. The molecule has 0 aromatic heterocycles. The molecule has 0 unspecified atom stereocenters. The fourth-order valence-corrected chi connectivity index (χ4v) is 0.348. The van der Waals surface area contributed by atoms with Crippen molar-refractivity contribution in [2.75, 3.05) is 6.61 Å². The van der Waals surface area contributed by atoms with Crippen LogP contribution >= 0.6 is 0 Å². The van der Waals surface area contributed by atoms with Gasteiger partial charge in [-0.15, -0.1) is 0 Å². The Bertz CT molecular complexity index is 181. The smallest absolute Gasteiger partial charge is 0.398 e. The number of aliphatic carboxylic acids is 1. The Kier molecular flexibility index (Phi) is 9.62. The van der Waals surface area contributed by atoms with Crippen LogP contribution in [0.3, 0.4) is 0 Å². The maximum absolute atomic E-state index is 10.1. The molecule has 5 nitrogen and oxygen atoms in total. The molecule has 2 N–H and O–H groups in total. The first-order valence-corrected chi connectivity index (χ1v) is 4.69. The van der Waals surface area contributed by atoms with Gasteiger partial charge in [0.1, 0.15) is 10.4 Å². The van der Waals surface area contributed by atoms with Crippen LogP contribution in [0.25, 0.3) is 0 Å². The summed E-state index contributed by atoms with van der Waals surface area (Å²) in [5.41, 5.74) is 0.176. The highest BCUT2D eigenvalue weighted by Crippen LogP contribution is 1.81. The zero-order valence-corrected chi connectivity index (χ0v) is 10.1. The molecule has 76 valence electrons. The molecule has 0 aliphatic carbocycles. The third-order valence-corrected chi connectivity index (χ3v) is 1.25. The van der Waals surface area contributed by atoms with Gasteiger partial charge >= 0.3 is 12.1 Å². The molecule has 0 rings (SSSR count). The molecule has 0 saturated heterocycles. The van der Waals surface area contributed by atoms with Crippen molar-refractivity contribution in [3.63, 3.8) is 0 Å². The molecule has 0 radical (unpaired) electrons. The molecule has 0 atom stereocenters. The van der Waals surface area contributed by atoms with Gasteiger partial charge in [0.25, 0.3) is 0 Å². The van der Waals surface area contributed by atoms with Gasteiger partial charge in [-0.25, -0.2) is 9.59 Å². The molecule has 0 aromatic carbocycles. The van der Waals surface area contributed by atoms with Gasteiger partial charge in [0.2, 0.25) is 0 Å². The van der Waals surface area contributed by atoms with E-state index in [9.17, 15) is 9.59 Å². The summed E-state index contributed by atoms with van der Waals surface area (Å²) >= 11 is 0. The van der Waals surface area contributed by atoms with Crippen LogP contribution in [-0.4, -0.2) is 34.2 Å². The predicted molar refractivity (Wildman–Crippen MR) is 52.5 cm³/mol. The minimum atomic E-state index is -0.935. The third kappa shape index (κ3) is 13.7. The van der Waals surface area contributed by atoms with Gasteiger partial charge in [0, 0.05) is 5.57 Å². The van der Waals surface area contributed by atoms with Crippen molar-refractivity contribution in [3.05, 3.63) is 12.2 Å². The summed E-state index contributed by atoms with van der Waals surface area (Å²) in [6.45, 7) is 6.83. The Morgan fingerprint density at radius 3 is 2.08 bits per heavy atom. The van der Waals surface area contributed by atoms with Crippen LogP contribution in [0.15, 0.2) is 12.2 Å². The van der Waals surface area contributed by atoms with Crippen LogP contribution in [0.2, 0.25) is 0 Å². The Balaban J connectivity index is 0. The van der Waals surface area contributed by atoms with Gasteiger partial charge in [0.05, 0.1) is 6.61 Å². The van der Waals surface area contributed by atoms with E-state index >= 15 is 0 Å². The quantitative estimate of drug-likeness (QED) is 0.477. The topological polar surface area (TPSA) is 75.6 Å². The lowest BCUT2D eigenvalue weighted by Gasteiger charge is -1.96. The molecular formula is C7H15NO4Si. The van der Waals surface area contributed by atoms with Crippen LogP contribution in [0.5, 0.6) is 0 Å². The van der Waals surface area contributed by atoms with Crippen molar-refractivity contribution < 1.29 is 19.4 Å². The van der Waals surface area contributed by atoms with Crippen molar-refractivity contribution in [2.45, 2.75) is 13.8 Å². The summed E-state index contributed by atoms with van der Waals surface area (Å²) in [6, 6.07) is 0. The van der Waals surface area contributed by atoms with Gasteiger partial charge in [-0.05, 0) is 13.8 Å². The van der Waals surface area contributed by atoms with Crippen LogP contribution < -0.4 is 4.98 Å². The van der Waals surface area contributed by atoms with E-state index in [1.807, 2.05) is 0 Å². The lowest BCUT2D eigenvalue weighted by Crippen LogP contribution is -2.20. The van der Waals surface area contributed by atoms with Crippen molar-refractivity contribution in [3.8, 4) is 0 Å². The van der Waals surface area contributed by atoms with Crippen LogP contribution in [-0.2, 0) is 9.53 Å². The minimum Gasteiger partial charge on any atom is -0.478 e. The van der Waals surface area contributed by atoms with E-state index in [0.717, 1.165) is 0 Å². The van der Waals surface area contributed by atoms with E-state index < -0.39 is 5.97 Å². The molecule has 0 aliphatic rings. The van der Waals surface area contributed by atoms with Crippen molar-refractivity contribution in [2.24, 2.45) is 0 Å². The van der Waals surface area contributed by atoms with E-state index in [1.165, 1.54) is 6.92 Å². The van der Waals surface area contributed by atoms with Gasteiger partial charge in [-0.3, -0.25) is 0 Å². The fourth-order valence-electron chi connectivity index (χ4n) is 0.203. The molecule has 0 aromatic rings. The zero-order valence-electron chi connectivity index (χ0n) is 8.09. The van der Waals surface area contributed by atoms with Gasteiger partial charge < -0.3 is 14.8 Å². The van der Waals surface area contributed by atoms with E-state index in [4.69, 9.17) is 5.11 Å². The summed E-state index contributed by atoms with van der Waals surface area (Å²) in [5, 5.41) is 7.89. The van der Waals surface area contributed by atoms with Crippen LogP contribution in [0.1, 0.15) is 13.8 Å². The van der Waals surface area contributed by atoms with Gasteiger partial charge in [-0.1, -0.05) is 6.58 Å². The summed E-state index contributed by atoms with van der Waals surface area (Å²) in [4.78, 5) is 22.2. The molecule has 0 heterocycles. The molecule has 0 saturated carbocycles. The van der Waals surface area contributed by atoms with Gasteiger partial charge in [0.15, 0.2) is 0 Å². The molecule has 0 spiro atoms. The van der Waals surface area contributed by atoms with Crippen molar-refractivity contribution >= 4 is 22.5 Å². The van der Waals surface area contributed by atoms with E-state index in [0.29, 0.717) is 17.0 Å². The highest BCUT2D eigenvalue weighted by atomic mass is 28.2. The summed E-state index contributed by atoms with van der Waals surface area (Å²) in [6.07, 6.45) is -0.311. The second-order valence-electron chi connectivity index (χ2n) is 2.06. The van der Waals surface area contributed by atoms with E-state index in [-0.39, 0.29) is 11.7 Å². The number of hydrogen-bond donors (Lipinski definition) is 2. The first kappa shape index (κ1) is 14.2. The largest absolute Gasteiger partial charge is 0.478 e. The minimum absolute atomic E-state index is 0.176. The number of hydrogen-bond acceptors (Lipinski definition) is 3. The summed E-state index contributed by atoms with van der Waals surface area (Å²) in [5.74, 6) is -0.935. The number of ether oxygens (including phenoxy) is 1. The number of carbonyl (C=O) groups is 2. The maximum Gasteiger partial charge on any atom is 0.398 e. The van der Waals surface area contributed by atoms with E-state index in [2.05, 4.69) is 16.3 Å². The third-order valence-electron chi connectivity index (χ3n) is 0.845. The normalized spacial score (nSPS) is 7.85. The first-order valence-electron chi connectivity index (χ1n) is 3.69. The number of rotatable bonds is 2. The lowest BCUT2D eigenvalue weighted by molar-refractivity contribution is -0.132. The number of carbonyl (C=O) groups excluding carboxylic acids is 1.